The molecule has 0 unspecified atom stereocenters. The molecule has 0 aliphatic rings. The van der Waals surface area contributed by atoms with Gasteiger partial charge in [0.05, 0.1) is 0 Å². The monoisotopic (exact) mass is 177 g/mol. The Hall–Kier alpha value is 0.310. The van der Waals surface area contributed by atoms with Crippen LogP contribution in [0.3, 0.4) is 0 Å². The van der Waals surface area contributed by atoms with E-state index >= 15 is 0 Å². The SMILES string of the molecule is CCCCCCS.CN(C)C. The summed E-state index contributed by atoms with van der Waals surface area (Å²) in [5.74, 6) is 1.06. The summed E-state index contributed by atoms with van der Waals surface area (Å²) in [6.07, 6.45) is 5.35. The number of hydrogen-bond donors (Lipinski definition) is 1. The van der Waals surface area contributed by atoms with Gasteiger partial charge in [0.2, 0.25) is 0 Å². The van der Waals surface area contributed by atoms with Crippen LogP contribution in [0.2, 0.25) is 0 Å². The molecular weight excluding hydrogens is 154 g/mol. The highest BCUT2D eigenvalue weighted by molar-refractivity contribution is 7.80. The fourth-order valence-electron chi connectivity index (χ4n) is 0.539. The average molecular weight is 177 g/mol. The summed E-state index contributed by atoms with van der Waals surface area (Å²) >= 11 is 4.09. The first-order valence-electron chi connectivity index (χ1n) is 4.36. The van der Waals surface area contributed by atoms with Gasteiger partial charge in [-0.05, 0) is 33.3 Å². The van der Waals surface area contributed by atoms with Crippen LogP contribution in [0.15, 0.2) is 0 Å². The van der Waals surface area contributed by atoms with Crippen molar-refractivity contribution in [3.05, 3.63) is 0 Å². The summed E-state index contributed by atoms with van der Waals surface area (Å²) in [5, 5.41) is 0. The predicted octanol–water partition coefficient (Wildman–Crippen LogP) is 2.67. The van der Waals surface area contributed by atoms with Crippen LogP contribution in [0.4, 0.5) is 0 Å². The van der Waals surface area contributed by atoms with Crippen LogP contribution in [0, 0.1) is 0 Å². The zero-order valence-electron chi connectivity index (χ0n) is 8.43. The maximum atomic E-state index is 4.09. The Labute approximate surface area is 77.6 Å². The Balaban J connectivity index is 0. The van der Waals surface area contributed by atoms with Gasteiger partial charge in [-0.1, -0.05) is 26.2 Å². The number of thiol groups is 1. The molecule has 0 heterocycles. The number of nitrogens with zero attached hydrogens (tertiary/aromatic N) is 1. The Morgan fingerprint density at radius 1 is 1.00 bits per heavy atom. The van der Waals surface area contributed by atoms with Gasteiger partial charge >= 0.3 is 0 Å². The highest BCUT2D eigenvalue weighted by atomic mass is 32.1. The van der Waals surface area contributed by atoms with Crippen molar-refractivity contribution in [3.8, 4) is 0 Å². The largest absolute Gasteiger partial charge is 0.312 e. The van der Waals surface area contributed by atoms with Gasteiger partial charge in [-0.15, -0.1) is 0 Å². The lowest BCUT2D eigenvalue weighted by Crippen LogP contribution is -1.99. The highest BCUT2D eigenvalue weighted by Gasteiger charge is 1.80. The van der Waals surface area contributed by atoms with Gasteiger partial charge in [0.1, 0.15) is 0 Å². The van der Waals surface area contributed by atoms with Gasteiger partial charge in [-0.2, -0.15) is 12.6 Å². The van der Waals surface area contributed by atoms with E-state index in [2.05, 4.69) is 19.6 Å². The first-order chi connectivity index (χ1) is 5.15. The molecule has 70 valence electrons. The molecule has 2 heteroatoms. The lowest BCUT2D eigenvalue weighted by atomic mass is 10.2. The van der Waals surface area contributed by atoms with Gasteiger partial charge in [-0.25, -0.2) is 0 Å². The molecule has 0 saturated carbocycles. The predicted molar refractivity (Wildman–Crippen MR) is 57.6 cm³/mol. The minimum atomic E-state index is 1.06. The molecule has 0 fully saturated rings. The van der Waals surface area contributed by atoms with Crippen molar-refractivity contribution in [2.24, 2.45) is 0 Å². The maximum absolute atomic E-state index is 4.09. The van der Waals surface area contributed by atoms with E-state index in [0.717, 1.165) is 5.75 Å². The Morgan fingerprint density at radius 2 is 1.45 bits per heavy atom. The van der Waals surface area contributed by atoms with Gasteiger partial charge in [-0.3, -0.25) is 0 Å². The molecule has 0 aromatic heterocycles. The standard InChI is InChI=1S/C6H14S.C3H9N/c1-2-3-4-5-6-7;1-4(2)3/h7H,2-6H2,1H3;1-3H3. The molecule has 0 aliphatic heterocycles. The molecule has 1 nitrogen and oxygen atoms in total. The minimum Gasteiger partial charge on any atom is -0.312 e. The van der Waals surface area contributed by atoms with Crippen LogP contribution >= 0.6 is 12.6 Å². The highest BCUT2D eigenvalue weighted by Crippen LogP contribution is 1.98. The fraction of sp³-hybridized carbons (Fsp3) is 1.00. The van der Waals surface area contributed by atoms with Gasteiger partial charge in [0.15, 0.2) is 0 Å². The van der Waals surface area contributed by atoms with E-state index in [-0.39, 0.29) is 0 Å². The minimum absolute atomic E-state index is 1.06. The molecular formula is C9H23NS. The maximum Gasteiger partial charge on any atom is -0.00979 e. The molecule has 0 aromatic rings. The van der Waals surface area contributed by atoms with Crippen LogP contribution in [0.5, 0.6) is 0 Å². The lowest BCUT2D eigenvalue weighted by Gasteiger charge is -1.90. The third-order valence-corrected chi connectivity index (χ3v) is 1.33. The van der Waals surface area contributed by atoms with Crippen LogP contribution < -0.4 is 0 Å². The molecule has 0 N–H and O–H groups in total. The van der Waals surface area contributed by atoms with E-state index in [1.807, 2.05) is 26.0 Å². The van der Waals surface area contributed by atoms with Crippen molar-refractivity contribution in [2.75, 3.05) is 26.9 Å². The van der Waals surface area contributed by atoms with Crippen LogP contribution in [0.1, 0.15) is 32.6 Å². The smallest absolute Gasteiger partial charge is 0.00979 e. The summed E-state index contributed by atoms with van der Waals surface area (Å²) in [6, 6.07) is 0. The van der Waals surface area contributed by atoms with Crippen LogP contribution in [-0.2, 0) is 0 Å². The zero-order valence-corrected chi connectivity index (χ0v) is 9.32. The van der Waals surface area contributed by atoms with Crippen molar-refractivity contribution in [3.63, 3.8) is 0 Å². The molecule has 0 amide bonds. The van der Waals surface area contributed by atoms with Crippen LogP contribution in [0.25, 0.3) is 0 Å². The molecule has 11 heavy (non-hydrogen) atoms. The number of unbranched alkanes of at least 4 members (excludes halogenated alkanes) is 3. The summed E-state index contributed by atoms with van der Waals surface area (Å²) < 4.78 is 0. The number of hydrogen-bond acceptors (Lipinski definition) is 2. The first kappa shape index (κ1) is 13.9. The van der Waals surface area contributed by atoms with Crippen molar-refractivity contribution in [1.29, 1.82) is 0 Å². The molecule has 0 aliphatic carbocycles. The second kappa shape index (κ2) is 12.9. The topological polar surface area (TPSA) is 3.24 Å². The number of rotatable bonds is 4. The zero-order chi connectivity index (χ0) is 9.11. The van der Waals surface area contributed by atoms with Crippen molar-refractivity contribution < 1.29 is 0 Å². The van der Waals surface area contributed by atoms with E-state index in [1.54, 1.807) is 0 Å². The van der Waals surface area contributed by atoms with Crippen molar-refractivity contribution in [2.45, 2.75) is 32.6 Å². The van der Waals surface area contributed by atoms with E-state index in [0.29, 0.717) is 0 Å². The molecule has 0 atom stereocenters. The van der Waals surface area contributed by atoms with E-state index in [4.69, 9.17) is 0 Å². The van der Waals surface area contributed by atoms with Gasteiger partial charge < -0.3 is 4.90 Å². The van der Waals surface area contributed by atoms with Crippen molar-refractivity contribution in [1.82, 2.24) is 4.90 Å². The van der Waals surface area contributed by atoms with Crippen molar-refractivity contribution >= 4 is 12.6 Å². The van der Waals surface area contributed by atoms with Crippen LogP contribution in [-0.4, -0.2) is 31.8 Å². The van der Waals surface area contributed by atoms with Gasteiger partial charge in [0, 0.05) is 0 Å². The molecule has 0 radical (unpaired) electrons. The third-order valence-electron chi connectivity index (χ3n) is 1.01. The van der Waals surface area contributed by atoms with E-state index in [9.17, 15) is 0 Å². The summed E-state index contributed by atoms with van der Waals surface area (Å²) in [6.45, 7) is 2.22. The van der Waals surface area contributed by atoms with E-state index in [1.165, 1.54) is 25.7 Å². The van der Waals surface area contributed by atoms with Gasteiger partial charge in [0.25, 0.3) is 0 Å². The molecule has 0 saturated heterocycles. The second-order valence-electron chi connectivity index (χ2n) is 3.13. The summed E-state index contributed by atoms with van der Waals surface area (Å²) in [7, 11) is 6.00. The molecule has 0 spiro atoms. The Bertz CT molecular complexity index is 48.8. The third kappa shape index (κ3) is 38.3. The normalized spacial score (nSPS) is 9.27. The Morgan fingerprint density at radius 3 is 1.73 bits per heavy atom. The fourth-order valence-corrected chi connectivity index (χ4v) is 0.762. The first-order valence-corrected chi connectivity index (χ1v) is 5.00. The average Bonchev–Trinajstić information content (AvgIpc) is 1.88. The second-order valence-corrected chi connectivity index (χ2v) is 3.57. The quantitative estimate of drug-likeness (QED) is 0.510. The summed E-state index contributed by atoms with van der Waals surface area (Å²) in [4.78, 5) is 2.00. The summed E-state index contributed by atoms with van der Waals surface area (Å²) in [5.41, 5.74) is 0. The molecule has 0 aromatic carbocycles. The van der Waals surface area contributed by atoms with E-state index < -0.39 is 0 Å². The molecule has 0 rings (SSSR count). The Kier molecular flexibility index (Phi) is 16.3. The lowest BCUT2D eigenvalue weighted by molar-refractivity contribution is 0.505. The molecule has 0 bridgehead atoms.